The lowest BCUT2D eigenvalue weighted by Gasteiger charge is -2.32. The highest BCUT2D eigenvalue weighted by Crippen LogP contribution is 2.19. The first kappa shape index (κ1) is 20.7. The number of carbonyl (C=O) groups excluding carboxylic acids is 2. The van der Waals surface area contributed by atoms with Crippen molar-refractivity contribution in [1.82, 2.24) is 15.5 Å². The lowest BCUT2D eigenvalue weighted by molar-refractivity contribution is -0.123. The number of methoxy groups -OCH3 is 1. The number of furan rings is 1. The Morgan fingerprint density at radius 2 is 2.19 bits per heavy atom. The van der Waals surface area contributed by atoms with E-state index in [9.17, 15) is 9.59 Å². The molecule has 7 nitrogen and oxygen atoms in total. The van der Waals surface area contributed by atoms with Crippen molar-refractivity contribution in [3.05, 3.63) is 23.7 Å². The van der Waals surface area contributed by atoms with Crippen LogP contribution in [0.1, 0.15) is 42.0 Å². The van der Waals surface area contributed by atoms with Gasteiger partial charge in [0.1, 0.15) is 12.4 Å². The number of amides is 2. The molecule has 0 aliphatic carbocycles. The molecule has 3 heterocycles. The van der Waals surface area contributed by atoms with E-state index in [1.54, 1.807) is 19.2 Å². The standard InChI is InChI=1S/C18H27N3O4.ClH/c1-24-12-14-6-7-16(25-14)18(23)21-9-3-4-13(11-21)10-20-17(22)15-5-2-8-19-15;/h6-7,13,15,19H,2-5,8-12H2,1H3,(H,20,22);1H. The molecule has 2 atom stereocenters. The lowest BCUT2D eigenvalue weighted by atomic mass is 9.97. The molecule has 2 N–H and O–H groups in total. The topological polar surface area (TPSA) is 83.8 Å². The SMILES string of the molecule is COCc1ccc(C(=O)N2CCCC(CNC(=O)C3CCCN3)C2)o1.Cl. The van der Waals surface area contributed by atoms with Crippen LogP contribution in [0.4, 0.5) is 0 Å². The summed E-state index contributed by atoms with van der Waals surface area (Å²) in [6.07, 6.45) is 3.93. The van der Waals surface area contributed by atoms with Crippen LogP contribution in [-0.4, -0.2) is 56.0 Å². The molecule has 26 heavy (non-hydrogen) atoms. The summed E-state index contributed by atoms with van der Waals surface area (Å²) in [5.41, 5.74) is 0. The quantitative estimate of drug-likeness (QED) is 0.776. The zero-order valence-corrected chi connectivity index (χ0v) is 16.0. The van der Waals surface area contributed by atoms with Gasteiger partial charge in [0, 0.05) is 26.7 Å². The van der Waals surface area contributed by atoms with E-state index in [2.05, 4.69) is 10.6 Å². The summed E-state index contributed by atoms with van der Waals surface area (Å²) in [7, 11) is 1.59. The van der Waals surface area contributed by atoms with Crippen molar-refractivity contribution in [2.45, 2.75) is 38.3 Å². The number of ether oxygens (including phenoxy) is 1. The summed E-state index contributed by atoms with van der Waals surface area (Å²) in [5.74, 6) is 1.28. The third-order valence-electron chi connectivity index (χ3n) is 4.91. The van der Waals surface area contributed by atoms with Crippen LogP contribution in [0.15, 0.2) is 16.5 Å². The second-order valence-electron chi connectivity index (χ2n) is 6.85. The van der Waals surface area contributed by atoms with Gasteiger partial charge < -0.3 is 24.7 Å². The summed E-state index contributed by atoms with van der Waals surface area (Å²) < 4.78 is 10.6. The van der Waals surface area contributed by atoms with Crippen LogP contribution in [-0.2, 0) is 16.1 Å². The predicted molar refractivity (Wildman–Crippen MR) is 99.3 cm³/mol. The summed E-state index contributed by atoms with van der Waals surface area (Å²) in [5, 5.41) is 6.24. The number of carbonyl (C=O) groups is 2. The number of likely N-dealkylation sites (tertiary alicyclic amines) is 1. The van der Waals surface area contributed by atoms with Crippen molar-refractivity contribution in [1.29, 1.82) is 0 Å². The van der Waals surface area contributed by atoms with E-state index in [-0.39, 0.29) is 36.2 Å². The fraction of sp³-hybridized carbons (Fsp3) is 0.667. The van der Waals surface area contributed by atoms with Crippen molar-refractivity contribution < 1.29 is 18.7 Å². The Hall–Kier alpha value is -1.57. The predicted octanol–water partition coefficient (Wildman–Crippen LogP) is 1.57. The van der Waals surface area contributed by atoms with Gasteiger partial charge in [-0.25, -0.2) is 0 Å². The van der Waals surface area contributed by atoms with Crippen LogP contribution in [0.25, 0.3) is 0 Å². The van der Waals surface area contributed by atoms with Crippen LogP contribution in [0.3, 0.4) is 0 Å². The Morgan fingerprint density at radius 1 is 1.35 bits per heavy atom. The largest absolute Gasteiger partial charge is 0.453 e. The number of halogens is 1. The van der Waals surface area contributed by atoms with E-state index in [1.807, 2.05) is 4.90 Å². The Bertz CT molecular complexity index is 601. The molecular weight excluding hydrogens is 358 g/mol. The molecule has 0 radical (unpaired) electrons. The third kappa shape index (κ3) is 5.22. The third-order valence-corrected chi connectivity index (χ3v) is 4.91. The number of nitrogens with one attached hydrogen (secondary N) is 2. The number of hydrogen-bond acceptors (Lipinski definition) is 5. The van der Waals surface area contributed by atoms with Gasteiger partial charge in [0.15, 0.2) is 5.76 Å². The highest BCUT2D eigenvalue weighted by Gasteiger charge is 2.28. The van der Waals surface area contributed by atoms with E-state index < -0.39 is 0 Å². The van der Waals surface area contributed by atoms with E-state index in [0.29, 0.717) is 31.2 Å². The van der Waals surface area contributed by atoms with Gasteiger partial charge in [-0.1, -0.05) is 0 Å². The summed E-state index contributed by atoms with van der Waals surface area (Å²) in [6, 6.07) is 3.42. The second-order valence-corrected chi connectivity index (χ2v) is 6.85. The smallest absolute Gasteiger partial charge is 0.289 e. The minimum atomic E-state index is -0.0872. The highest BCUT2D eigenvalue weighted by molar-refractivity contribution is 5.91. The van der Waals surface area contributed by atoms with Gasteiger partial charge in [-0.15, -0.1) is 12.4 Å². The zero-order valence-electron chi connectivity index (χ0n) is 15.2. The average Bonchev–Trinajstić information content (AvgIpc) is 3.31. The molecule has 0 aromatic carbocycles. The molecule has 3 rings (SSSR count). The molecule has 0 spiro atoms. The number of hydrogen-bond donors (Lipinski definition) is 2. The van der Waals surface area contributed by atoms with Gasteiger partial charge in [-0.3, -0.25) is 9.59 Å². The first-order valence-electron chi connectivity index (χ1n) is 9.05. The molecule has 0 saturated carbocycles. The molecular formula is C18H28ClN3O4. The second kappa shape index (κ2) is 9.94. The molecule has 0 bridgehead atoms. The Kier molecular flexibility index (Phi) is 7.93. The Balaban J connectivity index is 0.00000243. The van der Waals surface area contributed by atoms with Crippen LogP contribution < -0.4 is 10.6 Å². The number of rotatable bonds is 6. The van der Waals surface area contributed by atoms with E-state index in [1.165, 1.54) is 0 Å². The number of nitrogens with zero attached hydrogens (tertiary/aromatic N) is 1. The number of piperidine rings is 1. The summed E-state index contributed by atoms with van der Waals surface area (Å²) >= 11 is 0. The first-order chi connectivity index (χ1) is 12.2. The first-order valence-corrected chi connectivity index (χ1v) is 9.05. The molecule has 8 heteroatoms. The maximum atomic E-state index is 12.6. The molecule has 2 saturated heterocycles. The van der Waals surface area contributed by atoms with Gasteiger partial charge in [-0.05, 0) is 50.3 Å². The van der Waals surface area contributed by atoms with Gasteiger partial charge in [-0.2, -0.15) is 0 Å². The van der Waals surface area contributed by atoms with Crippen molar-refractivity contribution in [2.75, 3.05) is 33.3 Å². The maximum Gasteiger partial charge on any atom is 0.289 e. The van der Waals surface area contributed by atoms with E-state index >= 15 is 0 Å². The van der Waals surface area contributed by atoms with Crippen molar-refractivity contribution in [3.63, 3.8) is 0 Å². The maximum absolute atomic E-state index is 12.6. The molecule has 2 unspecified atom stereocenters. The van der Waals surface area contributed by atoms with Crippen LogP contribution >= 0.6 is 12.4 Å². The minimum absolute atomic E-state index is 0. The molecule has 2 aliphatic rings. The summed E-state index contributed by atoms with van der Waals surface area (Å²) in [4.78, 5) is 26.5. The molecule has 1 aromatic rings. The Labute approximate surface area is 160 Å². The fourth-order valence-corrected chi connectivity index (χ4v) is 3.56. The van der Waals surface area contributed by atoms with Crippen LogP contribution in [0, 0.1) is 5.92 Å². The Morgan fingerprint density at radius 3 is 2.92 bits per heavy atom. The van der Waals surface area contributed by atoms with Gasteiger partial charge in [0.05, 0.1) is 6.04 Å². The minimum Gasteiger partial charge on any atom is -0.453 e. The highest BCUT2D eigenvalue weighted by atomic mass is 35.5. The van der Waals surface area contributed by atoms with Gasteiger partial charge in [0.25, 0.3) is 5.91 Å². The molecule has 146 valence electrons. The zero-order chi connectivity index (χ0) is 17.6. The summed E-state index contributed by atoms with van der Waals surface area (Å²) in [6.45, 7) is 3.27. The lowest BCUT2D eigenvalue weighted by Crippen LogP contribution is -2.46. The molecule has 1 aromatic heterocycles. The monoisotopic (exact) mass is 385 g/mol. The van der Waals surface area contributed by atoms with Crippen LogP contribution in [0.5, 0.6) is 0 Å². The van der Waals surface area contributed by atoms with Crippen molar-refractivity contribution in [3.8, 4) is 0 Å². The normalized spacial score (nSPS) is 22.7. The van der Waals surface area contributed by atoms with E-state index in [4.69, 9.17) is 9.15 Å². The molecule has 2 fully saturated rings. The van der Waals surface area contributed by atoms with Crippen LogP contribution in [0.2, 0.25) is 0 Å². The average molecular weight is 386 g/mol. The van der Waals surface area contributed by atoms with Crippen molar-refractivity contribution >= 4 is 24.2 Å². The fourth-order valence-electron chi connectivity index (χ4n) is 3.56. The molecule has 2 amide bonds. The molecule has 2 aliphatic heterocycles. The van der Waals surface area contributed by atoms with Gasteiger partial charge >= 0.3 is 0 Å². The van der Waals surface area contributed by atoms with Crippen molar-refractivity contribution in [2.24, 2.45) is 5.92 Å². The van der Waals surface area contributed by atoms with E-state index in [0.717, 1.165) is 38.8 Å². The van der Waals surface area contributed by atoms with Gasteiger partial charge in [0.2, 0.25) is 5.91 Å².